The van der Waals surface area contributed by atoms with Gasteiger partial charge in [-0.05, 0) is 56.4 Å². The van der Waals surface area contributed by atoms with Crippen LogP contribution in [0.1, 0.15) is 49.2 Å². The Morgan fingerprint density at radius 2 is 1.65 bits per heavy atom. The number of nitrogens with one attached hydrogen (secondary N) is 1. The van der Waals surface area contributed by atoms with Gasteiger partial charge in [0.15, 0.2) is 0 Å². The van der Waals surface area contributed by atoms with Crippen molar-refractivity contribution in [1.82, 2.24) is 10.2 Å². The maximum absolute atomic E-state index is 12.4. The van der Waals surface area contributed by atoms with E-state index in [-0.39, 0.29) is 19.1 Å². The second kappa shape index (κ2) is 10.4. The Labute approximate surface area is 202 Å². The standard InChI is InChI=1S/C26H33BN2O5/c1-25(2)26(3,4)34-27(33-25)22(16-20-13-10-14-21(15-20)23(30)29(5)6)17-28-24(31)32-18-19-11-8-7-9-12-19/h7-16H,17-18H2,1-6H3,(H,28,31). The second-order valence-electron chi connectivity index (χ2n) is 9.55. The third-order valence-corrected chi connectivity index (χ3v) is 6.10. The number of ether oxygens (including phenoxy) is 1. The van der Waals surface area contributed by atoms with E-state index in [0.29, 0.717) is 11.0 Å². The van der Waals surface area contributed by atoms with Crippen LogP contribution in [0.4, 0.5) is 4.79 Å². The molecular formula is C26H33BN2O5. The molecule has 0 radical (unpaired) electrons. The van der Waals surface area contributed by atoms with Crippen LogP contribution in [0.3, 0.4) is 0 Å². The van der Waals surface area contributed by atoms with Gasteiger partial charge in [0.1, 0.15) is 6.61 Å². The third kappa shape index (κ3) is 6.27. The molecule has 8 heteroatoms. The molecule has 0 spiro atoms. The summed E-state index contributed by atoms with van der Waals surface area (Å²) in [5.41, 5.74) is 1.92. The first kappa shape index (κ1) is 25.5. The highest BCUT2D eigenvalue weighted by molar-refractivity contribution is 6.56. The average molecular weight is 464 g/mol. The zero-order chi connectivity index (χ0) is 24.9. The Morgan fingerprint density at radius 1 is 1.00 bits per heavy atom. The van der Waals surface area contributed by atoms with Crippen molar-refractivity contribution in [2.24, 2.45) is 0 Å². The molecule has 1 saturated heterocycles. The Bertz CT molecular complexity index is 1030. The monoisotopic (exact) mass is 464 g/mol. The van der Waals surface area contributed by atoms with Crippen LogP contribution in [0.25, 0.3) is 6.08 Å². The van der Waals surface area contributed by atoms with Crippen molar-refractivity contribution in [3.8, 4) is 0 Å². The zero-order valence-corrected chi connectivity index (χ0v) is 20.8. The number of amides is 2. The second-order valence-corrected chi connectivity index (χ2v) is 9.55. The maximum atomic E-state index is 12.4. The Kier molecular flexibility index (Phi) is 7.84. The van der Waals surface area contributed by atoms with E-state index >= 15 is 0 Å². The zero-order valence-electron chi connectivity index (χ0n) is 20.8. The highest BCUT2D eigenvalue weighted by Crippen LogP contribution is 2.38. The van der Waals surface area contributed by atoms with Gasteiger partial charge < -0.3 is 24.3 Å². The lowest BCUT2D eigenvalue weighted by Crippen LogP contribution is -2.41. The molecule has 0 unspecified atom stereocenters. The normalized spacial score (nSPS) is 16.8. The SMILES string of the molecule is CN(C)C(=O)c1cccc(C=C(CNC(=O)OCc2ccccc2)B2OC(C)(C)C(C)(C)O2)c1. The fraction of sp³-hybridized carbons (Fsp3) is 0.385. The smallest absolute Gasteiger partial charge is 0.445 e. The van der Waals surface area contributed by atoms with Gasteiger partial charge in [0.2, 0.25) is 0 Å². The molecule has 0 atom stereocenters. The largest absolute Gasteiger partial charge is 0.492 e. The summed E-state index contributed by atoms with van der Waals surface area (Å²) < 4.78 is 17.8. The van der Waals surface area contributed by atoms with Crippen molar-refractivity contribution in [2.45, 2.75) is 45.5 Å². The predicted octanol–water partition coefficient (Wildman–Crippen LogP) is 4.33. The molecule has 1 aliphatic rings. The minimum atomic E-state index is -0.660. The van der Waals surface area contributed by atoms with Gasteiger partial charge in [0.25, 0.3) is 5.91 Å². The lowest BCUT2D eigenvalue weighted by molar-refractivity contribution is 0.00578. The Hall–Kier alpha value is -3.10. The molecule has 3 rings (SSSR count). The van der Waals surface area contributed by atoms with Crippen molar-refractivity contribution in [3.05, 3.63) is 76.8 Å². The molecule has 0 bridgehead atoms. The fourth-order valence-electron chi connectivity index (χ4n) is 3.38. The van der Waals surface area contributed by atoms with E-state index in [1.165, 1.54) is 4.90 Å². The van der Waals surface area contributed by atoms with Crippen molar-refractivity contribution in [3.63, 3.8) is 0 Å². The number of rotatable bonds is 7. The van der Waals surface area contributed by atoms with E-state index in [4.69, 9.17) is 14.0 Å². The van der Waals surface area contributed by atoms with Crippen molar-refractivity contribution >= 4 is 25.2 Å². The van der Waals surface area contributed by atoms with Crippen LogP contribution in [0, 0.1) is 0 Å². The lowest BCUT2D eigenvalue weighted by atomic mass is 9.77. The van der Waals surface area contributed by atoms with Gasteiger partial charge in [-0.15, -0.1) is 0 Å². The maximum Gasteiger partial charge on any atom is 0.492 e. The molecule has 1 fully saturated rings. The summed E-state index contributed by atoms with van der Waals surface area (Å²) in [7, 11) is 2.77. The van der Waals surface area contributed by atoms with Gasteiger partial charge in [-0.3, -0.25) is 4.79 Å². The van der Waals surface area contributed by atoms with Crippen molar-refractivity contribution in [2.75, 3.05) is 20.6 Å². The third-order valence-electron chi connectivity index (χ3n) is 6.10. The molecule has 2 aromatic rings. The topological polar surface area (TPSA) is 77.1 Å². The number of carbonyl (C=O) groups excluding carboxylic acids is 2. The number of benzene rings is 2. The summed E-state index contributed by atoms with van der Waals surface area (Å²) in [6.07, 6.45) is 1.34. The number of hydrogen-bond donors (Lipinski definition) is 1. The van der Waals surface area contributed by atoms with Crippen molar-refractivity contribution < 1.29 is 23.6 Å². The summed E-state index contributed by atoms with van der Waals surface area (Å²) in [4.78, 5) is 26.3. The molecular weight excluding hydrogens is 431 g/mol. The summed E-state index contributed by atoms with van der Waals surface area (Å²) in [5, 5.41) is 2.80. The Morgan fingerprint density at radius 3 is 2.26 bits per heavy atom. The van der Waals surface area contributed by atoms with Gasteiger partial charge in [-0.1, -0.05) is 48.5 Å². The summed E-state index contributed by atoms with van der Waals surface area (Å²) >= 11 is 0. The molecule has 1 aliphatic heterocycles. The van der Waals surface area contributed by atoms with Gasteiger partial charge in [0.05, 0.1) is 11.2 Å². The summed E-state index contributed by atoms with van der Waals surface area (Å²) in [6, 6.07) is 16.8. The van der Waals surface area contributed by atoms with E-state index in [1.54, 1.807) is 26.2 Å². The van der Waals surface area contributed by atoms with Crippen LogP contribution >= 0.6 is 0 Å². The quantitative estimate of drug-likeness (QED) is 0.618. The number of alkyl carbamates (subject to hydrolysis) is 1. The van der Waals surface area contributed by atoms with Gasteiger partial charge in [-0.2, -0.15) is 0 Å². The molecule has 1 heterocycles. The van der Waals surface area contributed by atoms with Crippen LogP contribution in [-0.4, -0.2) is 55.9 Å². The molecule has 0 aromatic heterocycles. The first-order valence-corrected chi connectivity index (χ1v) is 11.3. The molecule has 180 valence electrons. The lowest BCUT2D eigenvalue weighted by Gasteiger charge is -2.32. The summed E-state index contributed by atoms with van der Waals surface area (Å²) in [6.45, 7) is 8.24. The van der Waals surface area contributed by atoms with Crippen molar-refractivity contribution in [1.29, 1.82) is 0 Å². The molecule has 2 amide bonds. The van der Waals surface area contributed by atoms with Crippen LogP contribution in [0.15, 0.2) is 60.1 Å². The average Bonchev–Trinajstić information content (AvgIpc) is 3.02. The van der Waals surface area contributed by atoms with Crippen LogP contribution in [-0.2, 0) is 20.7 Å². The molecule has 2 aromatic carbocycles. The van der Waals surface area contributed by atoms with E-state index in [2.05, 4.69) is 5.32 Å². The van der Waals surface area contributed by atoms with Gasteiger partial charge >= 0.3 is 13.2 Å². The number of hydrogen-bond acceptors (Lipinski definition) is 5. The van der Waals surface area contributed by atoms with Gasteiger partial charge in [-0.25, -0.2) is 4.79 Å². The molecule has 0 aliphatic carbocycles. The van der Waals surface area contributed by atoms with Crippen LogP contribution in [0.2, 0.25) is 0 Å². The highest BCUT2D eigenvalue weighted by atomic mass is 16.7. The number of nitrogens with zero attached hydrogens (tertiary/aromatic N) is 1. The first-order valence-electron chi connectivity index (χ1n) is 11.3. The Balaban J connectivity index is 1.78. The molecule has 7 nitrogen and oxygen atoms in total. The molecule has 34 heavy (non-hydrogen) atoms. The van der Waals surface area contributed by atoms with E-state index in [1.807, 2.05) is 76.2 Å². The summed E-state index contributed by atoms with van der Waals surface area (Å²) in [5.74, 6) is -0.0879. The minimum absolute atomic E-state index is 0.0879. The predicted molar refractivity (Wildman–Crippen MR) is 133 cm³/mol. The molecule has 1 N–H and O–H groups in total. The van der Waals surface area contributed by atoms with Gasteiger partial charge in [0, 0.05) is 26.2 Å². The fourth-order valence-corrected chi connectivity index (χ4v) is 3.38. The van der Waals surface area contributed by atoms with Crippen LogP contribution in [0.5, 0.6) is 0 Å². The first-order chi connectivity index (χ1) is 16.0. The van der Waals surface area contributed by atoms with Crippen LogP contribution < -0.4 is 5.32 Å². The highest BCUT2D eigenvalue weighted by Gasteiger charge is 2.52. The van der Waals surface area contributed by atoms with E-state index in [0.717, 1.165) is 11.1 Å². The molecule has 0 saturated carbocycles. The number of carbonyl (C=O) groups is 2. The van der Waals surface area contributed by atoms with E-state index in [9.17, 15) is 9.59 Å². The van der Waals surface area contributed by atoms with E-state index < -0.39 is 24.4 Å². The minimum Gasteiger partial charge on any atom is -0.445 e.